The fourth-order valence-electron chi connectivity index (χ4n) is 1.67. The molecular weight excluding hydrogens is 180 g/mol. The summed E-state index contributed by atoms with van der Waals surface area (Å²) in [4.78, 5) is 13.2. The van der Waals surface area contributed by atoms with E-state index in [2.05, 4.69) is 5.32 Å². The standard InChI is InChI=1S/C10H18N2O2/c1-7-8(10(14)9(7)13)12(3)6-4-5-11-2/h9,11,13H,4-6H2,1-3H3. The molecule has 14 heavy (non-hydrogen) atoms. The van der Waals surface area contributed by atoms with E-state index >= 15 is 0 Å². The van der Waals surface area contributed by atoms with Crippen LogP contribution in [0, 0.1) is 0 Å². The molecule has 0 aromatic carbocycles. The van der Waals surface area contributed by atoms with Crippen molar-refractivity contribution in [3.8, 4) is 0 Å². The first-order valence-corrected chi connectivity index (χ1v) is 4.88. The maximum absolute atomic E-state index is 11.3. The minimum Gasteiger partial charge on any atom is -0.380 e. The van der Waals surface area contributed by atoms with Gasteiger partial charge in [0.25, 0.3) is 0 Å². The maximum Gasteiger partial charge on any atom is 0.211 e. The van der Waals surface area contributed by atoms with Crippen molar-refractivity contribution in [1.29, 1.82) is 0 Å². The number of likely N-dealkylation sites (N-methyl/N-ethyl adjacent to an activating group) is 1. The van der Waals surface area contributed by atoms with E-state index in [1.807, 2.05) is 19.0 Å². The highest BCUT2D eigenvalue weighted by Gasteiger charge is 2.36. The quantitative estimate of drug-likeness (QED) is 0.598. The second-order valence-electron chi connectivity index (χ2n) is 3.68. The molecular formula is C10H18N2O2. The van der Waals surface area contributed by atoms with Crippen molar-refractivity contribution in [2.24, 2.45) is 0 Å². The van der Waals surface area contributed by atoms with E-state index in [1.54, 1.807) is 6.92 Å². The van der Waals surface area contributed by atoms with Gasteiger partial charge in [-0.2, -0.15) is 0 Å². The third-order valence-electron chi connectivity index (χ3n) is 2.57. The van der Waals surface area contributed by atoms with Crippen LogP contribution in [0.3, 0.4) is 0 Å². The monoisotopic (exact) mass is 198 g/mol. The molecule has 0 fully saturated rings. The molecule has 0 aromatic rings. The third-order valence-corrected chi connectivity index (χ3v) is 2.57. The lowest BCUT2D eigenvalue weighted by molar-refractivity contribution is -0.126. The van der Waals surface area contributed by atoms with E-state index < -0.39 is 6.10 Å². The minimum absolute atomic E-state index is 0.144. The molecule has 0 radical (unpaired) electrons. The van der Waals surface area contributed by atoms with Crippen LogP contribution in [-0.2, 0) is 4.79 Å². The Kier molecular flexibility index (Phi) is 3.66. The number of carbonyl (C=O) groups excluding carboxylic acids is 1. The summed E-state index contributed by atoms with van der Waals surface area (Å²) in [6.07, 6.45) is 0.143. The van der Waals surface area contributed by atoms with Crippen LogP contribution >= 0.6 is 0 Å². The topological polar surface area (TPSA) is 52.6 Å². The van der Waals surface area contributed by atoms with E-state index in [9.17, 15) is 9.90 Å². The molecule has 0 bridgehead atoms. The molecule has 0 aliphatic heterocycles. The number of nitrogens with zero attached hydrogens (tertiary/aromatic N) is 1. The van der Waals surface area contributed by atoms with Crippen molar-refractivity contribution in [3.63, 3.8) is 0 Å². The molecule has 0 aromatic heterocycles. The second-order valence-corrected chi connectivity index (χ2v) is 3.68. The molecule has 1 aliphatic rings. The summed E-state index contributed by atoms with van der Waals surface area (Å²) in [5.74, 6) is -0.144. The molecule has 4 heteroatoms. The van der Waals surface area contributed by atoms with Gasteiger partial charge in [-0.05, 0) is 32.5 Å². The van der Waals surface area contributed by atoms with E-state index in [0.717, 1.165) is 25.1 Å². The van der Waals surface area contributed by atoms with Gasteiger partial charge < -0.3 is 15.3 Å². The van der Waals surface area contributed by atoms with Crippen LogP contribution in [0.2, 0.25) is 0 Å². The van der Waals surface area contributed by atoms with Gasteiger partial charge in [-0.15, -0.1) is 0 Å². The van der Waals surface area contributed by atoms with Crippen molar-refractivity contribution in [3.05, 3.63) is 11.3 Å². The Morgan fingerprint density at radius 3 is 2.71 bits per heavy atom. The van der Waals surface area contributed by atoms with E-state index in [1.165, 1.54) is 0 Å². The highest BCUT2D eigenvalue weighted by molar-refractivity contribution is 6.07. The van der Waals surface area contributed by atoms with Crippen LogP contribution in [0.5, 0.6) is 0 Å². The molecule has 4 nitrogen and oxygen atoms in total. The van der Waals surface area contributed by atoms with Crippen LogP contribution in [0.15, 0.2) is 11.3 Å². The summed E-state index contributed by atoms with van der Waals surface area (Å²) in [7, 11) is 3.79. The molecule has 1 aliphatic carbocycles. The van der Waals surface area contributed by atoms with Crippen LogP contribution in [0.25, 0.3) is 0 Å². The Hall–Kier alpha value is -0.870. The molecule has 0 saturated carbocycles. The normalized spacial score (nSPS) is 21.1. The van der Waals surface area contributed by atoms with Gasteiger partial charge in [0, 0.05) is 13.6 Å². The summed E-state index contributed by atoms with van der Waals surface area (Å²) >= 11 is 0. The molecule has 1 rings (SSSR count). The van der Waals surface area contributed by atoms with Gasteiger partial charge in [0.05, 0.1) is 5.70 Å². The SMILES string of the molecule is CNCCCN(C)C1=C(C)C(O)C1=O. The molecule has 1 atom stereocenters. The van der Waals surface area contributed by atoms with Gasteiger partial charge >= 0.3 is 0 Å². The number of hydrogen-bond acceptors (Lipinski definition) is 4. The number of nitrogens with one attached hydrogen (secondary N) is 1. The fourth-order valence-corrected chi connectivity index (χ4v) is 1.67. The summed E-state index contributed by atoms with van der Waals surface area (Å²) in [6.45, 7) is 3.58. The van der Waals surface area contributed by atoms with Crippen LogP contribution in [0.4, 0.5) is 0 Å². The molecule has 0 saturated heterocycles. The van der Waals surface area contributed by atoms with Gasteiger partial charge in [-0.1, -0.05) is 0 Å². The average molecular weight is 198 g/mol. The highest BCUT2D eigenvalue weighted by Crippen LogP contribution is 2.26. The van der Waals surface area contributed by atoms with Crippen LogP contribution < -0.4 is 5.32 Å². The van der Waals surface area contributed by atoms with Gasteiger partial charge in [-0.25, -0.2) is 0 Å². The Morgan fingerprint density at radius 1 is 1.57 bits per heavy atom. The Balaban J connectivity index is 2.46. The Labute approximate surface area is 84.6 Å². The minimum atomic E-state index is -0.850. The molecule has 0 amide bonds. The predicted octanol–water partition coefficient (Wildman–Crippen LogP) is -0.255. The lowest BCUT2D eigenvalue weighted by Gasteiger charge is -2.33. The Bertz CT molecular complexity index is 261. The maximum atomic E-state index is 11.3. The van der Waals surface area contributed by atoms with Crippen molar-refractivity contribution >= 4 is 5.78 Å². The molecule has 2 N–H and O–H groups in total. The van der Waals surface area contributed by atoms with Gasteiger partial charge in [0.1, 0.15) is 6.10 Å². The van der Waals surface area contributed by atoms with E-state index in [4.69, 9.17) is 0 Å². The highest BCUT2D eigenvalue weighted by atomic mass is 16.3. The fraction of sp³-hybridized carbons (Fsp3) is 0.700. The lowest BCUT2D eigenvalue weighted by Crippen LogP contribution is -2.43. The summed E-state index contributed by atoms with van der Waals surface area (Å²) in [6, 6.07) is 0. The first-order valence-electron chi connectivity index (χ1n) is 4.88. The zero-order chi connectivity index (χ0) is 10.7. The number of aliphatic hydroxyl groups excluding tert-OH is 1. The number of carbonyl (C=O) groups is 1. The summed E-state index contributed by atoms with van der Waals surface area (Å²) < 4.78 is 0. The van der Waals surface area contributed by atoms with Crippen molar-refractivity contribution in [2.75, 3.05) is 27.2 Å². The first-order chi connectivity index (χ1) is 6.59. The molecule has 1 unspecified atom stereocenters. The first kappa shape index (κ1) is 11.2. The third kappa shape index (κ3) is 1.96. The van der Waals surface area contributed by atoms with Crippen LogP contribution in [-0.4, -0.2) is 49.1 Å². The number of aliphatic hydroxyl groups is 1. The van der Waals surface area contributed by atoms with Crippen molar-refractivity contribution in [2.45, 2.75) is 19.4 Å². The average Bonchev–Trinajstić information content (AvgIpc) is 2.18. The zero-order valence-electron chi connectivity index (χ0n) is 9.00. The summed E-state index contributed by atoms with van der Waals surface area (Å²) in [5, 5.41) is 12.3. The number of rotatable bonds is 5. The molecule has 0 spiro atoms. The van der Waals surface area contributed by atoms with Crippen molar-refractivity contribution < 1.29 is 9.90 Å². The second kappa shape index (κ2) is 4.57. The van der Waals surface area contributed by atoms with E-state index in [-0.39, 0.29) is 5.78 Å². The number of ketones is 1. The van der Waals surface area contributed by atoms with Gasteiger partial charge in [0.2, 0.25) is 5.78 Å². The number of Topliss-reactive ketones (excluding diaryl/α,β-unsaturated/α-hetero) is 1. The lowest BCUT2D eigenvalue weighted by atomic mass is 9.89. The van der Waals surface area contributed by atoms with Gasteiger partial charge in [-0.3, -0.25) is 4.79 Å². The zero-order valence-corrected chi connectivity index (χ0v) is 9.00. The summed E-state index contributed by atoms with van der Waals surface area (Å²) in [5.41, 5.74) is 1.48. The van der Waals surface area contributed by atoms with Gasteiger partial charge in [0.15, 0.2) is 0 Å². The number of hydrogen-bond donors (Lipinski definition) is 2. The largest absolute Gasteiger partial charge is 0.380 e. The smallest absolute Gasteiger partial charge is 0.211 e. The Morgan fingerprint density at radius 2 is 2.21 bits per heavy atom. The molecule has 80 valence electrons. The predicted molar refractivity (Wildman–Crippen MR) is 54.9 cm³/mol. The van der Waals surface area contributed by atoms with Crippen molar-refractivity contribution in [1.82, 2.24) is 10.2 Å². The van der Waals surface area contributed by atoms with E-state index in [0.29, 0.717) is 5.70 Å². The van der Waals surface area contributed by atoms with Crippen LogP contribution in [0.1, 0.15) is 13.3 Å². The molecule has 0 heterocycles.